The largest absolute Gasteiger partial charge is 0.424 e. The number of aryl methyl sites for hydroxylation is 2. The zero-order valence-corrected chi connectivity index (χ0v) is 13.0. The molecule has 0 saturated carbocycles. The summed E-state index contributed by atoms with van der Waals surface area (Å²) in [6.45, 7) is 5.59. The van der Waals surface area contributed by atoms with Gasteiger partial charge in [-0.15, -0.1) is 10.2 Å². The molecule has 0 aromatic carbocycles. The lowest BCUT2D eigenvalue weighted by Gasteiger charge is -2.03. The molecule has 0 unspecified atom stereocenters. The minimum Gasteiger partial charge on any atom is -0.424 e. The molecule has 110 valence electrons. The fourth-order valence-electron chi connectivity index (χ4n) is 2.05. The zero-order chi connectivity index (χ0) is 14.9. The first-order valence-corrected chi connectivity index (χ1v) is 8.49. The fourth-order valence-corrected chi connectivity index (χ4v) is 3.58. The summed E-state index contributed by atoms with van der Waals surface area (Å²) in [5.41, 5.74) is 1.00. The molecular weight excluding hydrogens is 304 g/mol. The van der Waals surface area contributed by atoms with Crippen LogP contribution in [0, 0.1) is 6.92 Å². The third-order valence-corrected chi connectivity index (χ3v) is 4.27. The van der Waals surface area contributed by atoms with E-state index in [0.29, 0.717) is 36.0 Å². The van der Waals surface area contributed by atoms with E-state index in [1.807, 2.05) is 13.8 Å². The highest BCUT2D eigenvalue weighted by Gasteiger charge is 2.26. The van der Waals surface area contributed by atoms with Crippen molar-refractivity contribution in [3.63, 3.8) is 0 Å². The second-order valence-corrected chi connectivity index (χ2v) is 6.74. The SMILES string of the molecule is CCc1nn(Cc2nnc(C)o2)c(CC)c1S(=O)(=O)Cl. The third-order valence-electron chi connectivity index (χ3n) is 2.84. The van der Waals surface area contributed by atoms with E-state index in [1.54, 1.807) is 11.6 Å². The molecule has 0 aliphatic rings. The molecule has 9 heteroatoms. The molecule has 0 atom stereocenters. The summed E-state index contributed by atoms with van der Waals surface area (Å²) < 4.78 is 30.3. The van der Waals surface area contributed by atoms with E-state index in [9.17, 15) is 8.42 Å². The molecule has 2 aromatic heterocycles. The van der Waals surface area contributed by atoms with Gasteiger partial charge in [-0.2, -0.15) is 5.10 Å². The van der Waals surface area contributed by atoms with Gasteiger partial charge in [0.15, 0.2) is 0 Å². The van der Waals surface area contributed by atoms with Crippen LogP contribution in [-0.4, -0.2) is 28.4 Å². The molecule has 0 bridgehead atoms. The van der Waals surface area contributed by atoms with Gasteiger partial charge in [0.05, 0.1) is 11.4 Å². The van der Waals surface area contributed by atoms with Gasteiger partial charge < -0.3 is 4.42 Å². The first-order chi connectivity index (χ1) is 9.36. The van der Waals surface area contributed by atoms with E-state index in [1.165, 1.54) is 0 Å². The summed E-state index contributed by atoms with van der Waals surface area (Å²) in [7, 11) is 1.68. The monoisotopic (exact) mass is 318 g/mol. The molecule has 0 aliphatic carbocycles. The van der Waals surface area contributed by atoms with E-state index < -0.39 is 9.05 Å². The Kier molecular flexibility index (Phi) is 4.14. The molecule has 0 N–H and O–H groups in total. The minimum absolute atomic E-state index is 0.0976. The average molecular weight is 319 g/mol. The van der Waals surface area contributed by atoms with Crippen molar-refractivity contribution in [2.45, 2.75) is 45.1 Å². The predicted molar refractivity (Wildman–Crippen MR) is 72.2 cm³/mol. The van der Waals surface area contributed by atoms with E-state index in [0.717, 1.165) is 0 Å². The number of hydrogen-bond donors (Lipinski definition) is 0. The van der Waals surface area contributed by atoms with Crippen LogP contribution >= 0.6 is 10.7 Å². The summed E-state index contributed by atoms with van der Waals surface area (Å²) in [5, 5.41) is 11.9. The molecule has 2 rings (SSSR count). The van der Waals surface area contributed by atoms with Gasteiger partial charge in [-0.05, 0) is 12.8 Å². The summed E-state index contributed by atoms with van der Waals surface area (Å²) in [4.78, 5) is 0.0976. The second kappa shape index (κ2) is 5.53. The van der Waals surface area contributed by atoms with E-state index in [-0.39, 0.29) is 11.4 Å². The Morgan fingerprint density at radius 3 is 2.40 bits per heavy atom. The summed E-state index contributed by atoms with van der Waals surface area (Å²) >= 11 is 0. The highest BCUT2D eigenvalue weighted by Crippen LogP contribution is 2.25. The van der Waals surface area contributed by atoms with E-state index in [4.69, 9.17) is 15.1 Å². The topological polar surface area (TPSA) is 90.9 Å². The van der Waals surface area contributed by atoms with Crippen LogP contribution in [0.5, 0.6) is 0 Å². The first kappa shape index (κ1) is 15.0. The standard InChI is InChI=1S/C11H15ClN4O3S/c1-4-8-11(20(12,17)18)9(5-2)16(15-8)6-10-14-13-7(3)19-10/h4-6H2,1-3H3. The summed E-state index contributed by atoms with van der Waals surface area (Å²) in [6, 6.07) is 0. The maximum Gasteiger partial charge on any atom is 0.264 e. The van der Waals surface area contributed by atoms with Gasteiger partial charge >= 0.3 is 0 Å². The molecule has 0 spiro atoms. The van der Waals surface area contributed by atoms with Crippen LogP contribution in [0.3, 0.4) is 0 Å². The highest BCUT2D eigenvalue weighted by molar-refractivity contribution is 8.13. The van der Waals surface area contributed by atoms with Crippen molar-refractivity contribution in [3.05, 3.63) is 23.2 Å². The Hall–Kier alpha value is -1.41. The molecule has 2 heterocycles. The quantitative estimate of drug-likeness (QED) is 0.779. The van der Waals surface area contributed by atoms with Crippen molar-refractivity contribution >= 4 is 19.7 Å². The van der Waals surface area contributed by atoms with Crippen molar-refractivity contribution in [3.8, 4) is 0 Å². The van der Waals surface area contributed by atoms with E-state index >= 15 is 0 Å². The number of aromatic nitrogens is 4. The third kappa shape index (κ3) is 2.85. The number of nitrogens with zero attached hydrogens (tertiary/aromatic N) is 4. The molecular formula is C11H15ClN4O3S. The molecule has 0 radical (unpaired) electrons. The van der Waals surface area contributed by atoms with Gasteiger partial charge in [0, 0.05) is 17.6 Å². The molecule has 0 saturated heterocycles. The van der Waals surface area contributed by atoms with Crippen molar-refractivity contribution in [2.75, 3.05) is 0 Å². The minimum atomic E-state index is -3.83. The van der Waals surface area contributed by atoms with Crippen molar-refractivity contribution in [2.24, 2.45) is 0 Å². The number of halogens is 1. The second-order valence-electron chi connectivity index (χ2n) is 4.24. The normalized spacial score (nSPS) is 12.0. The van der Waals surface area contributed by atoms with Crippen LogP contribution in [-0.2, 0) is 28.4 Å². The maximum atomic E-state index is 11.7. The molecule has 0 fully saturated rings. The molecule has 0 amide bonds. The van der Waals surface area contributed by atoms with Crippen LogP contribution in [0.25, 0.3) is 0 Å². The van der Waals surface area contributed by atoms with Crippen molar-refractivity contribution in [1.29, 1.82) is 0 Å². The Morgan fingerprint density at radius 1 is 1.25 bits per heavy atom. The van der Waals surface area contributed by atoms with E-state index in [2.05, 4.69) is 15.3 Å². The number of rotatable bonds is 5. The molecule has 0 aliphatic heterocycles. The van der Waals surface area contributed by atoms with Crippen LogP contribution in [0.4, 0.5) is 0 Å². The van der Waals surface area contributed by atoms with Gasteiger partial charge in [-0.25, -0.2) is 8.42 Å². The molecule has 7 nitrogen and oxygen atoms in total. The Labute approximate surface area is 121 Å². The zero-order valence-electron chi connectivity index (χ0n) is 11.4. The van der Waals surface area contributed by atoms with Crippen LogP contribution in [0.15, 0.2) is 9.31 Å². The van der Waals surface area contributed by atoms with Crippen LogP contribution in [0.2, 0.25) is 0 Å². The van der Waals surface area contributed by atoms with Crippen molar-refractivity contribution in [1.82, 2.24) is 20.0 Å². The Morgan fingerprint density at radius 2 is 1.95 bits per heavy atom. The van der Waals surface area contributed by atoms with Gasteiger partial charge in [0.25, 0.3) is 9.05 Å². The van der Waals surface area contributed by atoms with Gasteiger partial charge in [0.2, 0.25) is 11.8 Å². The average Bonchev–Trinajstić information content (AvgIpc) is 2.92. The summed E-state index contributed by atoms with van der Waals surface area (Å²) in [5.74, 6) is 0.826. The van der Waals surface area contributed by atoms with Gasteiger partial charge in [-0.1, -0.05) is 13.8 Å². The lowest BCUT2D eigenvalue weighted by atomic mass is 10.2. The van der Waals surface area contributed by atoms with Gasteiger partial charge in [0.1, 0.15) is 11.4 Å². The predicted octanol–water partition coefficient (Wildman–Crippen LogP) is 1.68. The first-order valence-electron chi connectivity index (χ1n) is 6.19. The fraction of sp³-hybridized carbons (Fsp3) is 0.545. The molecule has 20 heavy (non-hydrogen) atoms. The molecule has 2 aromatic rings. The Balaban J connectivity index is 2.51. The highest BCUT2D eigenvalue weighted by atomic mass is 35.7. The van der Waals surface area contributed by atoms with Crippen LogP contribution < -0.4 is 0 Å². The van der Waals surface area contributed by atoms with Crippen LogP contribution in [0.1, 0.15) is 37.0 Å². The smallest absolute Gasteiger partial charge is 0.264 e. The number of hydrogen-bond acceptors (Lipinski definition) is 6. The Bertz CT molecular complexity index is 720. The maximum absolute atomic E-state index is 11.7. The van der Waals surface area contributed by atoms with Gasteiger partial charge in [-0.3, -0.25) is 4.68 Å². The lowest BCUT2D eigenvalue weighted by Crippen LogP contribution is -2.07. The van der Waals surface area contributed by atoms with Crippen molar-refractivity contribution < 1.29 is 12.8 Å². The lowest BCUT2D eigenvalue weighted by molar-refractivity contribution is 0.439. The summed E-state index contributed by atoms with van der Waals surface area (Å²) in [6.07, 6.45) is 0.964.